The summed E-state index contributed by atoms with van der Waals surface area (Å²) in [5, 5.41) is 4.11. The van der Waals surface area contributed by atoms with Gasteiger partial charge in [0.25, 0.3) is 0 Å². The van der Waals surface area contributed by atoms with E-state index < -0.39 is 5.67 Å². The van der Waals surface area contributed by atoms with Gasteiger partial charge in [-0.1, -0.05) is 0 Å². The van der Waals surface area contributed by atoms with Crippen molar-refractivity contribution in [3.8, 4) is 0 Å². The minimum atomic E-state index is -0.873. The molecule has 2 nitrogen and oxygen atoms in total. The summed E-state index contributed by atoms with van der Waals surface area (Å²) in [6.45, 7) is 0. The van der Waals surface area contributed by atoms with E-state index in [0.29, 0.717) is 12.8 Å². The summed E-state index contributed by atoms with van der Waals surface area (Å²) in [7, 11) is 0. The Morgan fingerprint density at radius 2 is 2.27 bits per heavy atom. The predicted molar refractivity (Wildman–Crippen MR) is 46.0 cm³/mol. The van der Waals surface area contributed by atoms with Crippen LogP contribution in [0.2, 0.25) is 0 Å². The summed E-state index contributed by atoms with van der Waals surface area (Å²) >= 11 is 2.19. The van der Waals surface area contributed by atoms with Gasteiger partial charge in [0.2, 0.25) is 0 Å². The van der Waals surface area contributed by atoms with E-state index in [2.05, 4.69) is 27.7 Å². The Labute approximate surface area is 76.9 Å². The van der Waals surface area contributed by atoms with Crippen LogP contribution in [-0.2, 0) is 5.54 Å². The standard InChI is InChI=1S/C7H6FIN2/c8-6-3-7(6,4-6)11-2-5(9)1-10-11/h1-2H,3-4H2. The lowest BCUT2D eigenvalue weighted by molar-refractivity contribution is 0.389. The number of hydrogen-bond donors (Lipinski definition) is 0. The topological polar surface area (TPSA) is 17.8 Å². The Morgan fingerprint density at radius 3 is 2.64 bits per heavy atom. The fourth-order valence-corrected chi connectivity index (χ4v) is 2.08. The van der Waals surface area contributed by atoms with Crippen LogP contribution in [0.5, 0.6) is 0 Å². The Morgan fingerprint density at radius 1 is 1.64 bits per heavy atom. The minimum Gasteiger partial charge on any atom is -0.262 e. The molecular weight excluding hydrogens is 258 g/mol. The van der Waals surface area contributed by atoms with Gasteiger partial charge in [-0.3, -0.25) is 4.68 Å². The molecule has 2 aliphatic rings. The Bertz CT molecular complexity index is 327. The first kappa shape index (κ1) is 6.39. The largest absolute Gasteiger partial charge is 0.262 e. The molecule has 1 aromatic rings. The summed E-state index contributed by atoms with van der Waals surface area (Å²) in [6.07, 6.45) is 5.04. The fourth-order valence-electron chi connectivity index (χ4n) is 1.69. The number of hydrogen-bond acceptors (Lipinski definition) is 1. The van der Waals surface area contributed by atoms with Crippen molar-refractivity contribution in [2.24, 2.45) is 0 Å². The minimum absolute atomic E-state index is 0.198. The monoisotopic (exact) mass is 264 g/mol. The number of rotatable bonds is 1. The van der Waals surface area contributed by atoms with Crippen LogP contribution in [0.1, 0.15) is 12.8 Å². The zero-order valence-electron chi connectivity index (χ0n) is 5.72. The molecule has 0 atom stereocenters. The highest BCUT2D eigenvalue weighted by Gasteiger charge is 2.87. The first-order chi connectivity index (χ1) is 5.16. The van der Waals surface area contributed by atoms with Crippen molar-refractivity contribution in [1.29, 1.82) is 0 Å². The van der Waals surface area contributed by atoms with Crippen molar-refractivity contribution < 1.29 is 4.39 Å². The third kappa shape index (κ3) is 0.602. The van der Waals surface area contributed by atoms with Gasteiger partial charge >= 0.3 is 0 Å². The van der Waals surface area contributed by atoms with E-state index in [1.54, 1.807) is 10.9 Å². The molecule has 2 aliphatic carbocycles. The molecule has 0 aromatic carbocycles. The van der Waals surface area contributed by atoms with E-state index in [1.807, 2.05) is 6.20 Å². The highest BCUT2D eigenvalue weighted by molar-refractivity contribution is 14.1. The van der Waals surface area contributed by atoms with Crippen molar-refractivity contribution in [2.75, 3.05) is 0 Å². The van der Waals surface area contributed by atoms with Gasteiger partial charge in [-0.05, 0) is 22.6 Å². The smallest absolute Gasteiger partial charge is 0.141 e. The first-order valence-electron chi connectivity index (χ1n) is 3.56. The van der Waals surface area contributed by atoms with Gasteiger partial charge in [0, 0.05) is 19.0 Å². The molecule has 0 amide bonds. The molecule has 2 saturated carbocycles. The zero-order valence-corrected chi connectivity index (χ0v) is 7.88. The molecule has 11 heavy (non-hydrogen) atoms. The summed E-state index contributed by atoms with van der Waals surface area (Å²) in [5.41, 5.74) is -1.07. The number of halogens is 2. The molecule has 0 bridgehead atoms. The van der Waals surface area contributed by atoms with Crippen LogP contribution in [0.3, 0.4) is 0 Å². The number of alkyl halides is 1. The molecule has 0 N–H and O–H groups in total. The molecule has 0 saturated heterocycles. The molecule has 58 valence electrons. The highest BCUT2D eigenvalue weighted by atomic mass is 127. The molecule has 0 spiro atoms. The second kappa shape index (κ2) is 1.48. The van der Waals surface area contributed by atoms with E-state index >= 15 is 0 Å². The van der Waals surface area contributed by atoms with Crippen LogP contribution in [0.25, 0.3) is 0 Å². The first-order valence-corrected chi connectivity index (χ1v) is 4.64. The van der Waals surface area contributed by atoms with Crippen molar-refractivity contribution >= 4 is 22.6 Å². The molecule has 0 unspecified atom stereocenters. The third-order valence-electron chi connectivity index (χ3n) is 2.72. The number of nitrogens with zero attached hydrogens (tertiary/aromatic N) is 2. The lowest BCUT2D eigenvalue weighted by Crippen LogP contribution is -2.06. The molecule has 1 aromatic heterocycles. The lowest BCUT2D eigenvalue weighted by atomic mass is 10.3. The van der Waals surface area contributed by atoms with E-state index in [0.717, 1.165) is 3.57 Å². The maximum absolute atomic E-state index is 13.2. The maximum atomic E-state index is 13.2. The number of aromatic nitrogens is 2. The van der Waals surface area contributed by atoms with Gasteiger partial charge in [0.05, 0.1) is 9.77 Å². The van der Waals surface area contributed by atoms with E-state index in [9.17, 15) is 4.39 Å². The predicted octanol–water partition coefficient (Wildman–Crippen LogP) is 1.70. The summed E-state index contributed by atoms with van der Waals surface area (Å²) < 4.78 is 16.0. The van der Waals surface area contributed by atoms with E-state index in [4.69, 9.17) is 0 Å². The normalized spacial score (nSPS) is 45.3. The average molecular weight is 264 g/mol. The van der Waals surface area contributed by atoms with Crippen molar-refractivity contribution in [2.45, 2.75) is 24.0 Å². The SMILES string of the molecule is FC12CC1(n1cc(I)cn1)C2. The summed E-state index contributed by atoms with van der Waals surface area (Å²) in [4.78, 5) is 0. The van der Waals surface area contributed by atoms with Crippen LogP contribution in [0.15, 0.2) is 12.4 Å². The molecule has 4 heteroatoms. The Hall–Kier alpha value is -0.130. The van der Waals surface area contributed by atoms with Gasteiger partial charge in [0.15, 0.2) is 0 Å². The van der Waals surface area contributed by atoms with Crippen LogP contribution in [0, 0.1) is 3.57 Å². The van der Waals surface area contributed by atoms with Gasteiger partial charge in [-0.2, -0.15) is 5.10 Å². The molecule has 2 fully saturated rings. The molecule has 0 radical (unpaired) electrons. The van der Waals surface area contributed by atoms with Crippen LogP contribution in [-0.4, -0.2) is 15.4 Å². The van der Waals surface area contributed by atoms with Crippen LogP contribution >= 0.6 is 22.6 Å². The summed E-state index contributed by atoms with van der Waals surface area (Å²) in [6, 6.07) is 0. The van der Waals surface area contributed by atoms with Crippen LogP contribution in [0.4, 0.5) is 4.39 Å². The highest BCUT2D eigenvalue weighted by Crippen LogP contribution is 2.78. The van der Waals surface area contributed by atoms with Crippen molar-refractivity contribution in [1.82, 2.24) is 9.78 Å². The fraction of sp³-hybridized carbons (Fsp3) is 0.571. The van der Waals surface area contributed by atoms with Crippen molar-refractivity contribution in [3.05, 3.63) is 16.0 Å². The molecule has 1 heterocycles. The van der Waals surface area contributed by atoms with E-state index in [1.165, 1.54) is 0 Å². The van der Waals surface area contributed by atoms with E-state index in [-0.39, 0.29) is 5.54 Å². The average Bonchev–Trinajstić information content (AvgIpc) is 2.51. The number of fused-ring (bicyclic) bond motifs is 1. The summed E-state index contributed by atoms with van der Waals surface area (Å²) in [5.74, 6) is 0. The third-order valence-corrected chi connectivity index (χ3v) is 3.28. The molecule has 0 aliphatic heterocycles. The second-order valence-corrected chi connectivity index (χ2v) is 4.70. The van der Waals surface area contributed by atoms with Gasteiger partial charge in [-0.25, -0.2) is 4.39 Å². The Balaban J connectivity index is 2.03. The maximum Gasteiger partial charge on any atom is 0.141 e. The van der Waals surface area contributed by atoms with Crippen LogP contribution < -0.4 is 0 Å². The Kier molecular flexibility index (Phi) is 0.863. The second-order valence-electron chi connectivity index (χ2n) is 3.45. The lowest BCUT2D eigenvalue weighted by Gasteiger charge is -1.99. The molecule has 3 rings (SSSR count). The van der Waals surface area contributed by atoms with Gasteiger partial charge in [0.1, 0.15) is 11.2 Å². The zero-order chi connectivity index (χ0) is 7.69. The molecular formula is C7H6FIN2. The van der Waals surface area contributed by atoms with Crippen molar-refractivity contribution in [3.63, 3.8) is 0 Å². The van der Waals surface area contributed by atoms with Gasteiger partial charge < -0.3 is 0 Å². The van der Waals surface area contributed by atoms with Gasteiger partial charge in [-0.15, -0.1) is 0 Å². The quantitative estimate of drug-likeness (QED) is 0.706.